The van der Waals surface area contributed by atoms with Gasteiger partial charge < -0.3 is 10.4 Å². The third-order valence-corrected chi connectivity index (χ3v) is 3.70. The van der Waals surface area contributed by atoms with Crippen molar-refractivity contribution in [3.05, 3.63) is 33.3 Å². The van der Waals surface area contributed by atoms with Gasteiger partial charge in [0.15, 0.2) is 0 Å². The number of carbonyl (C=O) groups is 2. The molecular formula is C14H17BrClNO3. The Labute approximate surface area is 131 Å². The number of carboxylic acid groups (broad SMARTS) is 1. The molecule has 0 aliphatic heterocycles. The number of aliphatic carboxylic acids is 1. The van der Waals surface area contributed by atoms with Gasteiger partial charge in [0.1, 0.15) is 0 Å². The third-order valence-electron chi connectivity index (χ3n) is 2.78. The van der Waals surface area contributed by atoms with E-state index in [-0.39, 0.29) is 12.3 Å². The number of halogens is 2. The number of carbonyl (C=O) groups excluding carboxylic acids is 1. The topological polar surface area (TPSA) is 66.4 Å². The van der Waals surface area contributed by atoms with Crippen LogP contribution < -0.4 is 5.32 Å². The van der Waals surface area contributed by atoms with E-state index in [4.69, 9.17) is 16.7 Å². The summed E-state index contributed by atoms with van der Waals surface area (Å²) >= 11 is 9.17. The first-order valence-electron chi connectivity index (χ1n) is 6.45. The highest BCUT2D eigenvalue weighted by atomic mass is 79.9. The van der Waals surface area contributed by atoms with Gasteiger partial charge in [0.2, 0.25) is 0 Å². The maximum atomic E-state index is 11.9. The van der Waals surface area contributed by atoms with E-state index in [0.29, 0.717) is 28.0 Å². The van der Waals surface area contributed by atoms with Gasteiger partial charge in [-0.3, -0.25) is 9.59 Å². The number of benzene rings is 1. The normalized spacial score (nSPS) is 10.3. The van der Waals surface area contributed by atoms with Gasteiger partial charge in [-0.15, -0.1) is 0 Å². The Bertz CT molecular complexity index is 479. The van der Waals surface area contributed by atoms with Crippen molar-refractivity contribution in [1.82, 2.24) is 5.32 Å². The fourth-order valence-corrected chi connectivity index (χ4v) is 2.32. The number of carboxylic acids is 1. The molecule has 0 spiro atoms. The Hall–Kier alpha value is -1.07. The summed E-state index contributed by atoms with van der Waals surface area (Å²) in [5.74, 6) is -0.922. The molecule has 2 N–H and O–H groups in total. The highest BCUT2D eigenvalue weighted by Gasteiger charge is 2.09. The molecule has 0 aromatic heterocycles. The maximum absolute atomic E-state index is 11.9. The number of hydrogen-bond acceptors (Lipinski definition) is 2. The molecular weight excluding hydrogens is 346 g/mol. The summed E-state index contributed by atoms with van der Waals surface area (Å²) in [6.07, 6.45) is 3.50. The molecule has 0 atom stereocenters. The standard InChI is InChI=1S/C14H17BrClNO3/c15-12-7-6-10(16)9-11(12)14(20)17-8-4-2-1-3-5-13(18)19/h6-7,9H,1-5,8H2,(H,17,20)(H,18,19). The first kappa shape index (κ1) is 17.0. The van der Waals surface area contributed by atoms with Crippen LogP contribution in [0.2, 0.25) is 5.02 Å². The largest absolute Gasteiger partial charge is 0.481 e. The first-order valence-corrected chi connectivity index (χ1v) is 7.63. The van der Waals surface area contributed by atoms with Gasteiger partial charge in [0, 0.05) is 22.5 Å². The van der Waals surface area contributed by atoms with Crippen LogP contribution in [0.1, 0.15) is 42.5 Å². The molecule has 1 aromatic carbocycles. The highest BCUT2D eigenvalue weighted by Crippen LogP contribution is 2.20. The SMILES string of the molecule is O=C(O)CCCCCCNC(=O)c1cc(Cl)ccc1Br. The lowest BCUT2D eigenvalue weighted by atomic mass is 10.1. The van der Waals surface area contributed by atoms with Crippen molar-refractivity contribution in [2.45, 2.75) is 32.1 Å². The summed E-state index contributed by atoms with van der Waals surface area (Å²) in [5.41, 5.74) is 0.517. The zero-order valence-corrected chi connectivity index (χ0v) is 13.3. The highest BCUT2D eigenvalue weighted by molar-refractivity contribution is 9.10. The van der Waals surface area contributed by atoms with Crippen LogP contribution >= 0.6 is 27.5 Å². The second-order valence-corrected chi connectivity index (χ2v) is 5.73. The summed E-state index contributed by atoms with van der Waals surface area (Å²) in [4.78, 5) is 22.2. The molecule has 0 unspecified atom stereocenters. The van der Waals surface area contributed by atoms with Gasteiger partial charge in [-0.2, -0.15) is 0 Å². The lowest BCUT2D eigenvalue weighted by Crippen LogP contribution is -2.24. The van der Waals surface area contributed by atoms with Gasteiger partial charge in [0.05, 0.1) is 5.56 Å². The molecule has 1 amide bonds. The summed E-state index contributed by atoms with van der Waals surface area (Å²) in [6.45, 7) is 0.574. The molecule has 0 saturated heterocycles. The summed E-state index contributed by atoms with van der Waals surface area (Å²) < 4.78 is 0.709. The zero-order valence-electron chi connectivity index (χ0n) is 11.0. The molecule has 1 aromatic rings. The Morgan fingerprint density at radius 2 is 1.90 bits per heavy atom. The smallest absolute Gasteiger partial charge is 0.303 e. The van der Waals surface area contributed by atoms with Crippen molar-refractivity contribution in [2.75, 3.05) is 6.54 Å². The van der Waals surface area contributed by atoms with E-state index in [1.165, 1.54) is 0 Å². The predicted octanol–water partition coefficient (Wildman–Crippen LogP) is 3.87. The van der Waals surface area contributed by atoms with Gasteiger partial charge in [-0.1, -0.05) is 24.4 Å². The third kappa shape index (κ3) is 6.39. The molecule has 0 radical (unpaired) electrons. The van der Waals surface area contributed by atoms with Crippen LogP contribution in [0.25, 0.3) is 0 Å². The van der Waals surface area contributed by atoms with Crippen LogP contribution in [0.3, 0.4) is 0 Å². The van der Waals surface area contributed by atoms with Gasteiger partial charge in [-0.05, 0) is 47.0 Å². The fourth-order valence-electron chi connectivity index (χ4n) is 1.72. The van der Waals surface area contributed by atoms with Crippen LogP contribution in [0.4, 0.5) is 0 Å². The molecule has 0 heterocycles. The molecule has 0 aliphatic rings. The number of hydrogen-bond donors (Lipinski definition) is 2. The average molecular weight is 363 g/mol. The molecule has 0 saturated carbocycles. The molecule has 1 rings (SSSR count). The number of rotatable bonds is 8. The van der Waals surface area contributed by atoms with Gasteiger partial charge >= 0.3 is 5.97 Å². The van der Waals surface area contributed by atoms with Crippen molar-refractivity contribution in [2.24, 2.45) is 0 Å². The summed E-state index contributed by atoms with van der Waals surface area (Å²) in [5, 5.41) is 11.8. The Balaban J connectivity index is 2.23. The van der Waals surface area contributed by atoms with Crippen molar-refractivity contribution in [3.63, 3.8) is 0 Å². The minimum atomic E-state index is -0.760. The lowest BCUT2D eigenvalue weighted by molar-refractivity contribution is -0.137. The predicted molar refractivity (Wildman–Crippen MR) is 82.2 cm³/mol. The fraction of sp³-hybridized carbons (Fsp3) is 0.429. The molecule has 0 bridgehead atoms. The molecule has 6 heteroatoms. The minimum Gasteiger partial charge on any atom is -0.481 e. The van der Waals surface area contributed by atoms with Crippen LogP contribution in [-0.4, -0.2) is 23.5 Å². The van der Waals surface area contributed by atoms with Crippen LogP contribution in [-0.2, 0) is 4.79 Å². The number of amides is 1. The second-order valence-electron chi connectivity index (χ2n) is 4.44. The Morgan fingerprint density at radius 1 is 1.20 bits per heavy atom. The second kappa shape index (κ2) is 8.97. The van der Waals surface area contributed by atoms with E-state index in [0.717, 1.165) is 19.3 Å². The summed E-state index contributed by atoms with van der Waals surface area (Å²) in [7, 11) is 0. The Morgan fingerprint density at radius 3 is 2.60 bits per heavy atom. The monoisotopic (exact) mass is 361 g/mol. The van der Waals surface area contributed by atoms with E-state index in [2.05, 4.69) is 21.2 Å². The van der Waals surface area contributed by atoms with Gasteiger partial charge in [-0.25, -0.2) is 0 Å². The van der Waals surface area contributed by atoms with E-state index >= 15 is 0 Å². The molecule has 110 valence electrons. The quantitative estimate of drug-likeness (QED) is 0.690. The zero-order chi connectivity index (χ0) is 15.0. The summed E-state index contributed by atoms with van der Waals surface area (Å²) in [6, 6.07) is 5.07. The van der Waals surface area contributed by atoms with Crippen LogP contribution in [0, 0.1) is 0 Å². The Kier molecular flexibility index (Phi) is 7.62. The van der Waals surface area contributed by atoms with Crippen LogP contribution in [0.5, 0.6) is 0 Å². The van der Waals surface area contributed by atoms with E-state index in [9.17, 15) is 9.59 Å². The molecule has 0 aliphatic carbocycles. The van der Waals surface area contributed by atoms with Crippen molar-refractivity contribution in [3.8, 4) is 0 Å². The van der Waals surface area contributed by atoms with E-state index in [1.54, 1.807) is 18.2 Å². The average Bonchev–Trinajstić information content (AvgIpc) is 2.39. The maximum Gasteiger partial charge on any atom is 0.303 e. The molecule has 4 nitrogen and oxygen atoms in total. The van der Waals surface area contributed by atoms with E-state index < -0.39 is 5.97 Å². The lowest BCUT2D eigenvalue weighted by Gasteiger charge is -2.07. The van der Waals surface area contributed by atoms with Gasteiger partial charge in [0.25, 0.3) is 5.91 Å². The number of nitrogens with one attached hydrogen (secondary N) is 1. The number of unbranched alkanes of at least 4 members (excludes halogenated alkanes) is 3. The minimum absolute atomic E-state index is 0.162. The van der Waals surface area contributed by atoms with Crippen molar-refractivity contribution in [1.29, 1.82) is 0 Å². The van der Waals surface area contributed by atoms with Crippen molar-refractivity contribution >= 4 is 39.4 Å². The van der Waals surface area contributed by atoms with E-state index in [1.807, 2.05) is 0 Å². The molecule has 0 fully saturated rings. The van der Waals surface area contributed by atoms with Crippen molar-refractivity contribution < 1.29 is 14.7 Å². The first-order chi connectivity index (χ1) is 9.50. The molecule has 20 heavy (non-hydrogen) atoms. The van der Waals surface area contributed by atoms with Crippen LogP contribution in [0.15, 0.2) is 22.7 Å².